The predicted octanol–water partition coefficient (Wildman–Crippen LogP) is 3.04. The Labute approximate surface area is 161 Å². The molecule has 4 rings (SSSR count). The lowest BCUT2D eigenvalue weighted by Gasteiger charge is -2.16. The molecule has 140 valence electrons. The zero-order chi connectivity index (χ0) is 18.5. The highest BCUT2D eigenvalue weighted by Gasteiger charge is 2.13. The Kier molecular flexibility index (Phi) is 5.43. The summed E-state index contributed by atoms with van der Waals surface area (Å²) in [5.74, 6) is 2.01. The Morgan fingerprint density at radius 3 is 2.89 bits per heavy atom. The molecule has 0 aliphatic carbocycles. The van der Waals surface area contributed by atoms with Gasteiger partial charge in [0.1, 0.15) is 5.82 Å². The first-order valence-electron chi connectivity index (χ1n) is 9.10. The van der Waals surface area contributed by atoms with Gasteiger partial charge in [0.2, 0.25) is 17.6 Å². The Hall–Kier alpha value is -2.74. The highest BCUT2D eigenvalue weighted by Crippen LogP contribution is 2.19. The molecule has 0 unspecified atom stereocenters. The average Bonchev–Trinajstić information content (AvgIpc) is 3.47. The molecule has 3 aromatic rings. The van der Waals surface area contributed by atoms with E-state index in [1.807, 2.05) is 35.2 Å². The summed E-state index contributed by atoms with van der Waals surface area (Å²) in [4.78, 5) is 23.2. The summed E-state index contributed by atoms with van der Waals surface area (Å²) in [5, 5.41) is 10.8. The lowest BCUT2D eigenvalue weighted by molar-refractivity contribution is -0.121. The van der Waals surface area contributed by atoms with E-state index in [2.05, 4.69) is 25.3 Å². The summed E-state index contributed by atoms with van der Waals surface area (Å²) in [7, 11) is 0. The van der Waals surface area contributed by atoms with Crippen LogP contribution in [-0.4, -0.2) is 34.1 Å². The Morgan fingerprint density at radius 1 is 1.26 bits per heavy atom. The molecule has 27 heavy (non-hydrogen) atoms. The third-order valence-electron chi connectivity index (χ3n) is 4.54. The second-order valence-corrected chi connectivity index (χ2v) is 7.30. The third-order valence-corrected chi connectivity index (χ3v) is 5.23. The van der Waals surface area contributed by atoms with Crippen LogP contribution in [-0.2, 0) is 17.8 Å². The number of amides is 1. The van der Waals surface area contributed by atoms with Gasteiger partial charge in [-0.3, -0.25) is 4.79 Å². The highest BCUT2D eigenvalue weighted by atomic mass is 32.1. The molecule has 0 bridgehead atoms. The number of anilines is 1. The quantitative estimate of drug-likeness (QED) is 0.675. The third kappa shape index (κ3) is 4.51. The summed E-state index contributed by atoms with van der Waals surface area (Å²) < 4.78 is 5.21. The van der Waals surface area contributed by atoms with Crippen LogP contribution in [0.25, 0.3) is 11.4 Å². The summed E-state index contributed by atoms with van der Waals surface area (Å²) in [6.07, 6.45) is 5.03. The molecule has 0 saturated carbocycles. The first kappa shape index (κ1) is 17.7. The van der Waals surface area contributed by atoms with Gasteiger partial charge in [0.25, 0.3) is 0 Å². The minimum atomic E-state index is -0.0473. The Bertz CT molecular complexity index is 870. The topological polar surface area (TPSA) is 84.1 Å². The fraction of sp³-hybridized carbons (Fsp3) is 0.368. The van der Waals surface area contributed by atoms with E-state index < -0.39 is 0 Å². The van der Waals surface area contributed by atoms with Crippen LogP contribution in [0.2, 0.25) is 0 Å². The average molecular weight is 383 g/mol. The minimum absolute atomic E-state index is 0.0473. The zero-order valence-electron chi connectivity index (χ0n) is 14.9. The number of rotatable bonds is 7. The van der Waals surface area contributed by atoms with Crippen LogP contribution < -0.4 is 10.2 Å². The maximum Gasteiger partial charge on any atom is 0.227 e. The van der Waals surface area contributed by atoms with E-state index in [0.29, 0.717) is 31.1 Å². The molecule has 0 radical (unpaired) electrons. The minimum Gasteiger partial charge on any atom is -0.357 e. The van der Waals surface area contributed by atoms with Crippen molar-refractivity contribution in [3.8, 4) is 11.4 Å². The van der Waals surface area contributed by atoms with Crippen LogP contribution in [0.4, 0.5) is 5.82 Å². The van der Waals surface area contributed by atoms with Gasteiger partial charge >= 0.3 is 0 Å². The molecule has 1 aliphatic heterocycles. The number of hydrogen-bond acceptors (Lipinski definition) is 7. The molecule has 1 fully saturated rings. The number of nitrogens with zero attached hydrogens (tertiary/aromatic N) is 4. The largest absolute Gasteiger partial charge is 0.357 e. The lowest BCUT2D eigenvalue weighted by Crippen LogP contribution is -2.23. The van der Waals surface area contributed by atoms with Crippen LogP contribution in [0.3, 0.4) is 0 Å². The summed E-state index contributed by atoms with van der Waals surface area (Å²) in [6, 6.07) is 5.98. The second kappa shape index (κ2) is 8.30. The molecule has 3 aromatic heterocycles. The van der Waals surface area contributed by atoms with Crippen molar-refractivity contribution in [2.45, 2.75) is 32.2 Å². The van der Waals surface area contributed by atoms with Crippen LogP contribution in [0, 0.1) is 0 Å². The number of aromatic nitrogens is 3. The highest BCUT2D eigenvalue weighted by molar-refractivity contribution is 7.08. The SMILES string of the molecule is O=C(CCc1nc(-c2ccsc2)no1)NCc1ccc(N2CCCC2)nc1. The van der Waals surface area contributed by atoms with Gasteiger partial charge in [-0.05, 0) is 35.9 Å². The first-order valence-corrected chi connectivity index (χ1v) is 10.0. The molecule has 1 amide bonds. The molecular weight excluding hydrogens is 362 g/mol. The van der Waals surface area contributed by atoms with Crippen molar-refractivity contribution in [3.63, 3.8) is 0 Å². The smallest absolute Gasteiger partial charge is 0.227 e. The van der Waals surface area contributed by atoms with E-state index in [1.54, 1.807) is 11.3 Å². The molecule has 1 saturated heterocycles. The van der Waals surface area contributed by atoms with Gasteiger partial charge in [-0.2, -0.15) is 16.3 Å². The number of pyridine rings is 1. The maximum absolute atomic E-state index is 12.1. The van der Waals surface area contributed by atoms with Crippen molar-refractivity contribution in [2.24, 2.45) is 0 Å². The molecule has 0 aromatic carbocycles. The Balaban J connectivity index is 1.23. The van der Waals surface area contributed by atoms with Crippen molar-refractivity contribution in [1.29, 1.82) is 0 Å². The number of nitrogens with one attached hydrogen (secondary N) is 1. The van der Waals surface area contributed by atoms with Crippen molar-refractivity contribution < 1.29 is 9.32 Å². The maximum atomic E-state index is 12.1. The van der Waals surface area contributed by atoms with Crippen LogP contribution in [0.5, 0.6) is 0 Å². The molecule has 1 aliphatic rings. The van der Waals surface area contributed by atoms with Crippen molar-refractivity contribution in [1.82, 2.24) is 20.4 Å². The molecule has 0 atom stereocenters. The van der Waals surface area contributed by atoms with Crippen molar-refractivity contribution in [2.75, 3.05) is 18.0 Å². The molecule has 8 heteroatoms. The Morgan fingerprint density at radius 2 is 2.15 bits per heavy atom. The van der Waals surface area contributed by atoms with Crippen LogP contribution >= 0.6 is 11.3 Å². The molecule has 0 spiro atoms. The van der Waals surface area contributed by atoms with Crippen LogP contribution in [0.1, 0.15) is 30.7 Å². The monoisotopic (exact) mass is 383 g/mol. The van der Waals surface area contributed by atoms with Crippen molar-refractivity contribution >= 4 is 23.1 Å². The normalized spacial score (nSPS) is 13.9. The first-order chi connectivity index (χ1) is 13.3. The number of carbonyl (C=O) groups is 1. The van der Waals surface area contributed by atoms with Gasteiger partial charge in [-0.1, -0.05) is 11.2 Å². The van der Waals surface area contributed by atoms with Gasteiger partial charge in [0, 0.05) is 49.6 Å². The van der Waals surface area contributed by atoms with Gasteiger partial charge in [-0.15, -0.1) is 0 Å². The summed E-state index contributed by atoms with van der Waals surface area (Å²) >= 11 is 1.58. The second-order valence-electron chi connectivity index (χ2n) is 6.52. The van der Waals surface area contributed by atoms with Crippen LogP contribution in [0.15, 0.2) is 39.7 Å². The van der Waals surface area contributed by atoms with Gasteiger partial charge in [-0.25, -0.2) is 4.98 Å². The predicted molar refractivity (Wildman–Crippen MR) is 103 cm³/mol. The van der Waals surface area contributed by atoms with Gasteiger partial charge in [0.05, 0.1) is 0 Å². The zero-order valence-corrected chi connectivity index (χ0v) is 15.7. The number of aryl methyl sites for hydroxylation is 1. The number of carbonyl (C=O) groups excluding carboxylic acids is 1. The van der Waals surface area contributed by atoms with Gasteiger partial charge < -0.3 is 14.7 Å². The fourth-order valence-corrected chi connectivity index (χ4v) is 3.66. The van der Waals surface area contributed by atoms with E-state index in [4.69, 9.17) is 4.52 Å². The summed E-state index contributed by atoms with van der Waals surface area (Å²) in [5.41, 5.74) is 1.92. The van der Waals surface area contributed by atoms with E-state index in [1.165, 1.54) is 12.8 Å². The standard InChI is InChI=1S/C19H21N5O2S/c25-17(5-6-18-22-19(23-26-18)15-7-10-27-13-15)21-12-14-3-4-16(20-11-14)24-8-1-2-9-24/h3-4,7,10-11,13H,1-2,5-6,8-9,12H2,(H,21,25). The van der Waals surface area contributed by atoms with E-state index in [0.717, 1.165) is 30.0 Å². The fourth-order valence-electron chi connectivity index (χ4n) is 3.03. The molecule has 4 heterocycles. The molecule has 7 nitrogen and oxygen atoms in total. The van der Waals surface area contributed by atoms with E-state index in [-0.39, 0.29) is 5.91 Å². The summed E-state index contributed by atoms with van der Waals surface area (Å²) in [6.45, 7) is 2.62. The van der Waals surface area contributed by atoms with E-state index in [9.17, 15) is 4.79 Å². The molecule has 1 N–H and O–H groups in total. The molecular formula is C19H21N5O2S. The number of thiophene rings is 1. The van der Waals surface area contributed by atoms with E-state index >= 15 is 0 Å². The lowest BCUT2D eigenvalue weighted by atomic mass is 10.2. The van der Waals surface area contributed by atoms with Gasteiger partial charge in [0.15, 0.2) is 0 Å². The van der Waals surface area contributed by atoms with Crippen molar-refractivity contribution in [3.05, 3.63) is 46.6 Å². The number of hydrogen-bond donors (Lipinski definition) is 1.